The van der Waals surface area contributed by atoms with Crippen LogP contribution in [0, 0.1) is 10.7 Å². The summed E-state index contributed by atoms with van der Waals surface area (Å²) in [6.45, 7) is 6.64. The number of hydrogen-bond acceptors (Lipinski definition) is 3. The van der Waals surface area contributed by atoms with E-state index < -0.39 is 0 Å². The van der Waals surface area contributed by atoms with Gasteiger partial charge in [-0.15, -0.1) is 0 Å². The number of nitrogens with one attached hydrogen (secondary N) is 2. The highest BCUT2D eigenvalue weighted by Crippen LogP contribution is 2.18. The van der Waals surface area contributed by atoms with Crippen LogP contribution in [0.25, 0.3) is 11.0 Å². The molecule has 0 fully saturated rings. The third kappa shape index (κ3) is 2.84. The van der Waals surface area contributed by atoms with E-state index in [4.69, 9.17) is 12.2 Å². The molecule has 6 heteroatoms. The van der Waals surface area contributed by atoms with E-state index in [-0.39, 0.29) is 11.9 Å². The molecule has 0 aliphatic carbocycles. The Kier molecular flexibility index (Phi) is 3.99. The molecule has 0 aliphatic heterocycles. The van der Waals surface area contributed by atoms with Crippen molar-refractivity contribution in [3.63, 3.8) is 0 Å². The zero-order chi connectivity index (χ0) is 14.0. The molecule has 1 unspecified atom stereocenters. The smallest absolute Gasteiger partial charge is 0.242 e. The fraction of sp³-hybridized carbons (Fsp3) is 0.462. The first-order valence-corrected chi connectivity index (χ1v) is 6.73. The number of rotatable bonds is 4. The Labute approximate surface area is 117 Å². The molecule has 2 aromatic heterocycles. The average Bonchev–Trinajstić information content (AvgIpc) is 2.70. The number of fused-ring (bicyclic) bond motifs is 1. The van der Waals surface area contributed by atoms with Crippen LogP contribution in [0.5, 0.6) is 0 Å². The molecule has 0 radical (unpaired) electrons. The number of pyridine rings is 1. The van der Waals surface area contributed by atoms with E-state index >= 15 is 0 Å². The number of aromatic nitrogens is 3. The van der Waals surface area contributed by atoms with Gasteiger partial charge in [-0.25, -0.2) is 0 Å². The summed E-state index contributed by atoms with van der Waals surface area (Å²) in [6, 6.07) is 1.51. The van der Waals surface area contributed by atoms with Crippen LogP contribution >= 0.6 is 12.2 Å². The first-order chi connectivity index (χ1) is 9.00. The number of aromatic amines is 1. The van der Waals surface area contributed by atoms with Gasteiger partial charge in [0.2, 0.25) is 5.91 Å². The fourth-order valence-electron chi connectivity index (χ4n) is 1.93. The summed E-state index contributed by atoms with van der Waals surface area (Å²) in [5, 5.41) is 2.93. The average molecular weight is 278 g/mol. The van der Waals surface area contributed by atoms with Gasteiger partial charge in [0.25, 0.3) is 0 Å². The van der Waals surface area contributed by atoms with E-state index in [1.165, 1.54) is 0 Å². The number of imidazole rings is 1. The molecular formula is C13H18N4OS. The lowest BCUT2D eigenvalue weighted by Crippen LogP contribution is -2.33. The summed E-state index contributed by atoms with van der Waals surface area (Å²) in [5.41, 5.74) is 1.74. The van der Waals surface area contributed by atoms with E-state index in [2.05, 4.69) is 29.1 Å². The van der Waals surface area contributed by atoms with Crippen molar-refractivity contribution >= 4 is 29.2 Å². The standard InChI is InChI=1S/C13H18N4OS/c1-8(2)6-15-12(18)9(3)17-11-4-5-14-7-10(11)16-13(17)19/h4-5,7-9H,6H2,1-3H3,(H,15,18)(H,16,19). The summed E-state index contributed by atoms with van der Waals surface area (Å²) in [7, 11) is 0. The molecule has 2 aromatic rings. The van der Waals surface area contributed by atoms with Gasteiger partial charge in [0.1, 0.15) is 6.04 Å². The number of nitrogens with zero attached hydrogens (tertiary/aromatic N) is 2. The van der Waals surface area contributed by atoms with E-state index in [9.17, 15) is 4.79 Å². The second-order valence-corrected chi connectivity index (χ2v) is 5.39. The first kappa shape index (κ1) is 13.7. The molecule has 1 amide bonds. The van der Waals surface area contributed by atoms with Gasteiger partial charge in [-0.05, 0) is 31.1 Å². The fourth-order valence-corrected chi connectivity index (χ4v) is 2.30. The topological polar surface area (TPSA) is 62.7 Å². The number of hydrogen-bond donors (Lipinski definition) is 2. The van der Waals surface area contributed by atoms with Crippen LogP contribution in [0.4, 0.5) is 0 Å². The van der Waals surface area contributed by atoms with E-state index in [0.29, 0.717) is 17.2 Å². The van der Waals surface area contributed by atoms with E-state index in [1.54, 1.807) is 12.4 Å². The molecule has 2 N–H and O–H groups in total. The first-order valence-electron chi connectivity index (χ1n) is 6.32. The molecule has 0 saturated heterocycles. The largest absolute Gasteiger partial charge is 0.354 e. The quantitative estimate of drug-likeness (QED) is 0.844. The predicted molar refractivity (Wildman–Crippen MR) is 77.5 cm³/mol. The minimum absolute atomic E-state index is 0.0255. The van der Waals surface area contributed by atoms with Crippen LogP contribution in [0.15, 0.2) is 18.5 Å². The van der Waals surface area contributed by atoms with Crippen molar-refractivity contribution in [1.29, 1.82) is 0 Å². The highest BCUT2D eigenvalue weighted by molar-refractivity contribution is 7.71. The maximum atomic E-state index is 12.1. The molecule has 5 nitrogen and oxygen atoms in total. The minimum Gasteiger partial charge on any atom is -0.354 e. The van der Waals surface area contributed by atoms with Crippen molar-refractivity contribution in [2.24, 2.45) is 5.92 Å². The summed E-state index contributed by atoms with van der Waals surface area (Å²) in [4.78, 5) is 19.2. The third-order valence-corrected chi connectivity index (χ3v) is 3.27. The zero-order valence-electron chi connectivity index (χ0n) is 11.3. The van der Waals surface area contributed by atoms with Crippen molar-refractivity contribution < 1.29 is 4.79 Å². The lowest BCUT2D eigenvalue weighted by Gasteiger charge is -2.15. The Morgan fingerprint density at radius 3 is 2.95 bits per heavy atom. The third-order valence-electron chi connectivity index (χ3n) is 2.97. The summed E-state index contributed by atoms with van der Waals surface area (Å²) in [6.07, 6.45) is 3.40. The van der Waals surface area contributed by atoms with Gasteiger partial charge in [0.05, 0.1) is 17.2 Å². The Hall–Kier alpha value is -1.69. The monoisotopic (exact) mass is 278 g/mol. The predicted octanol–water partition coefficient (Wildman–Crippen LogP) is 2.43. The molecule has 2 heterocycles. The highest BCUT2D eigenvalue weighted by Gasteiger charge is 2.18. The van der Waals surface area contributed by atoms with Gasteiger partial charge in [0, 0.05) is 12.7 Å². The summed E-state index contributed by atoms with van der Waals surface area (Å²) >= 11 is 5.28. The van der Waals surface area contributed by atoms with Gasteiger partial charge in [-0.1, -0.05) is 13.8 Å². The number of carbonyl (C=O) groups excluding carboxylic acids is 1. The normalized spacial score (nSPS) is 12.8. The van der Waals surface area contributed by atoms with Crippen LogP contribution in [0.2, 0.25) is 0 Å². The molecule has 0 spiro atoms. The van der Waals surface area contributed by atoms with Crippen molar-refractivity contribution in [3.05, 3.63) is 23.2 Å². The molecular weight excluding hydrogens is 260 g/mol. The van der Waals surface area contributed by atoms with Gasteiger partial charge in [-0.3, -0.25) is 9.78 Å². The van der Waals surface area contributed by atoms with Crippen molar-refractivity contribution in [2.75, 3.05) is 6.54 Å². The molecule has 0 bridgehead atoms. The number of amides is 1. The lowest BCUT2D eigenvalue weighted by molar-refractivity contribution is -0.123. The molecule has 1 atom stereocenters. The molecule has 102 valence electrons. The van der Waals surface area contributed by atoms with Gasteiger partial charge in [-0.2, -0.15) is 0 Å². The van der Waals surface area contributed by atoms with Crippen molar-refractivity contribution in [2.45, 2.75) is 26.8 Å². The van der Waals surface area contributed by atoms with Crippen LogP contribution in [-0.2, 0) is 4.79 Å². The number of H-pyrrole nitrogens is 1. The zero-order valence-corrected chi connectivity index (χ0v) is 12.1. The van der Waals surface area contributed by atoms with Gasteiger partial charge >= 0.3 is 0 Å². The van der Waals surface area contributed by atoms with E-state index in [1.807, 2.05) is 17.6 Å². The Morgan fingerprint density at radius 2 is 2.26 bits per heavy atom. The van der Waals surface area contributed by atoms with Gasteiger partial charge < -0.3 is 14.9 Å². The molecule has 0 aliphatic rings. The SMILES string of the molecule is CC(C)CNC(=O)C(C)n1c(=S)[nH]c2cnccc21. The second kappa shape index (κ2) is 5.52. The minimum atomic E-state index is -0.345. The van der Waals surface area contributed by atoms with Crippen LogP contribution in [-0.4, -0.2) is 27.0 Å². The highest BCUT2D eigenvalue weighted by atomic mass is 32.1. The van der Waals surface area contributed by atoms with Crippen molar-refractivity contribution in [3.8, 4) is 0 Å². The molecule has 19 heavy (non-hydrogen) atoms. The Morgan fingerprint density at radius 1 is 1.53 bits per heavy atom. The molecule has 0 aromatic carbocycles. The van der Waals surface area contributed by atoms with Gasteiger partial charge in [0.15, 0.2) is 4.77 Å². The maximum absolute atomic E-state index is 12.1. The maximum Gasteiger partial charge on any atom is 0.242 e. The second-order valence-electron chi connectivity index (χ2n) is 5.01. The van der Waals surface area contributed by atoms with E-state index in [0.717, 1.165) is 11.0 Å². The Balaban J connectivity index is 2.31. The molecule has 0 saturated carbocycles. The van der Waals surface area contributed by atoms with Crippen molar-refractivity contribution in [1.82, 2.24) is 19.9 Å². The molecule has 2 rings (SSSR count). The Bertz CT molecular complexity index is 643. The lowest BCUT2D eigenvalue weighted by atomic mass is 10.2. The number of carbonyl (C=O) groups is 1. The summed E-state index contributed by atoms with van der Waals surface area (Å²) < 4.78 is 2.36. The summed E-state index contributed by atoms with van der Waals surface area (Å²) in [5.74, 6) is 0.402. The van der Waals surface area contributed by atoms with Crippen LogP contribution < -0.4 is 5.32 Å². The van der Waals surface area contributed by atoms with Crippen LogP contribution in [0.1, 0.15) is 26.8 Å². The van der Waals surface area contributed by atoms with Crippen LogP contribution in [0.3, 0.4) is 0 Å².